The standard InChI is InChI=1S/C46H29FN4/c47-38-15-7-8-16-41(38)50(34-11-3-1-4-12-34)39-26-21-30-20-25-37-40(27-22-31-19-24-36(39)43(30)44(31)37)51(35-13-5-2-6-14-35)42-28-23-33-18-17-32-10-9-29-48-45(32)46(33)49-42/h1-29H. The smallest absolute Gasteiger partial charge is 0.147 e. The van der Waals surface area contributed by atoms with E-state index in [0.29, 0.717) is 5.69 Å². The topological polar surface area (TPSA) is 32.3 Å². The van der Waals surface area contributed by atoms with Gasteiger partial charge in [0.15, 0.2) is 0 Å². The predicted molar refractivity (Wildman–Crippen MR) is 210 cm³/mol. The van der Waals surface area contributed by atoms with Crippen LogP contribution in [0.2, 0.25) is 0 Å². The lowest BCUT2D eigenvalue weighted by molar-refractivity contribution is 0.629. The van der Waals surface area contributed by atoms with Crippen LogP contribution in [0.4, 0.5) is 38.6 Å². The number of halogens is 1. The minimum atomic E-state index is -0.279. The van der Waals surface area contributed by atoms with Gasteiger partial charge >= 0.3 is 0 Å². The molecule has 0 N–H and O–H groups in total. The van der Waals surface area contributed by atoms with Gasteiger partial charge in [0.05, 0.1) is 28.1 Å². The fraction of sp³-hybridized carbons (Fsp3) is 0. The van der Waals surface area contributed by atoms with Crippen LogP contribution in [0, 0.1) is 5.82 Å². The molecule has 2 aromatic heterocycles. The van der Waals surface area contributed by atoms with Crippen molar-refractivity contribution in [3.63, 3.8) is 0 Å². The van der Waals surface area contributed by atoms with Crippen molar-refractivity contribution in [1.29, 1.82) is 0 Å². The maximum atomic E-state index is 15.6. The third-order valence-corrected chi connectivity index (χ3v) is 9.87. The van der Waals surface area contributed by atoms with Crippen molar-refractivity contribution in [3.05, 3.63) is 182 Å². The SMILES string of the molecule is Fc1ccccc1N(c1ccccc1)c1ccc2ccc3c(N(c4ccccc4)c4ccc5ccc6cccnc6c5n4)ccc4ccc1c2c43. The normalized spacial score (nSPS) is 11.6. The van der Waals surface area contributed by atoms with Crippen LogP contribution in [-0.4, -0.2) is 9.97 Å². The van der Waals surface area contributed by atoms with Gasteiger partial charge in [-0.05, 0) is 88.3 Å². The second kappa shape index (κ2) is 11.6. The monoisotopic (exact) mass is 656 g/mol. The van der Waals surface area contributed by atoms with Gasteiger partial charge in [-0.1, -0.05) is 103 Å². The first-order valence-electron chi connectivity index (χ1n) is 17.0. The Morgan fingerprint density at radius 3 is 1.59 bits per heavy atom. The molecule has 0 aliphatic heterocycles. The van der Waals surface area contributed by atoms with E-state index in [1.807, 2.05) is 65.7 Å². The maximum absolute atomic E-state index is 15.6. The van der Waals surface area contributed by atoms with Crippen molar-refractivity contribution >= 4 is 88.4 Å². The average molecular weight is 657 g/mol. The summed E-state index contributed by atoms with van der Waals surface area (Å²) < 4.78 is 15.6. The highest BCUT2D eigenvalue weighted by Gasteiger charge is 2.23. The summed E-state index contributed by atoms with van der Waals surface area (Å²) in [4.78, 5) is 14.3. The summed E-state index contributed by atoms with van der Waals surface area (Å²) in [7, 11) is 0. The number of para-hydroxylation sites is 3. The minimum absolute atomic E-state index is 0.279. The third kappa shape index (κ3) is 4.67. The fourth-order valence-electron chi connectivity index (χ4n) is 7.59. The lowest BCUT2D eigenvalue weighted by Gasteiger charge is -2.29. The molecule has 0 saturated heterocycles. The van der Waals surface area contributed by atoms with Crippen molar-refractivity contribution in [1.82, 2.24) is 9.97 Å². The summed E-state index contributed by atoms with van der Waals surface area (Å²) in [5, 5.41) is 8.78. The molecule has 240 valence electrons. The first-order valence-corrected chi connectivity index (χ1v) is 17.0. The quantitative estimate of drug-likeness (QED) is 0.167. The summed E-state index contributed by atoms with van der Waals surface area (Å²) >= 11 is 0. The summed E-state index contributed by atoms with van der Waals surface area (Å²) in [6.45, 7) is 0. The van der Waals surface area contributed by atoms with Gasteiger partial charge in [0.1, 0.15) is 11.6 Å². The van der Waals surface area contributed by atoms with E-state index in [9.17, 15) is 0 Å². The molecular weight excluding hydrogens is 628 g/mol. The second-order valence-corrected chi connectivity index (χ2v) is 12.8. The Kier molecular flexibility index (Phi) is 6.64. The van der Waals surface area contributed by atoms with E-state index in [-0.39, 0.29) is 5.82 Å². The highest BCUT2D eigenvalue weighted by molar-refractivity contribution is 6.28. The molecule has 0 unspecified atom stereocenters. The second-order valence-electron chi connectivity index (χ2n) is 12.8. The average Bonchev–Trinajstić information content (AvgIpc) is 3.19. The zero-order valence-electron chi connectivity index (χ0n) is 27.4. The Labute approximate surface area is 293 Å². The number of pyridine rings is 2. The van der Waals surface area contributed by atoms with Crippen LogP contribution >= 0.6 is 0 Å². The van der Waals surface area contributed by atoms with Gasteiger partial charge < -0.3 is 4.90 Å². The number of nitrogens with zero attached hydrogens (tertiary/aromatic N) is 4. The van der Waals surface area contributed by atoms with Crippen molar-refractivity contribution in [3.8, 4) is 0 Å². The molecule has 10 rings (SSSR count). The molecule has 8 aromatic carbocycles. The fourth-order valence-corrected chi connectivity index (χ4v) is 7.59. The van der Waals surface area contributed by atoms with E-state index in [1.165, 1.54) is 6.07 Å². The van der Waals surface area contributed by atoms with Crippen molar-refractivity contribution < 1.29 is 4.39 Å². The minimum Gasteiger partial charge on any atom is -0.307 e. The summed E-state index contributed by atoms with van der Waals surface area (Å²) in [5.41, 5.74) is 6.06. The lowest BCUT2D eigenvalue weighted by Crippen LogP contribution is -2.13. The number of hydrogen-bond donors (Lipinski definition) is 0. The summed E-state index contributed by atoms with van der Waals surface area (Å²) in [6, 6.07) is 57.3. The molecule has 0 aliphatic carbocycles. The van der Waals surface area contributed by atoms with Crippen LogP contribution < -0.4 is 9.80 Å². The number of fused-ring (bicyclic) bond motifs is 3. The largest absolute Gasteiger partial charge is 0.307 e. The first kappa shape index (κ1) is 29.1. The van der Waals surface area contributed by atoms with Gasteiger partial charge in [0.2, 0.25) is 0 Å². The Bertz CT molecular complexity index is 2890. The molecule has 0 amide bonds. The molecule has 0 atom stereocenters. The molecule has 5 heteroatoms. The molecule has 0 saturated carbocycles. The van der Waals surface area contributed by atoms with Gasteiger partial charge in [0, 0.05) is 39.1 Å². The highest BCUT2D eigenvalue weighted by Crippen LogP contribution is 2.47. The number of benzene rings is 8. The molecule has 0 bridgehead atoms. The molecule has 51 heavy (non-hydrogen) atoms. The van der Waals surface area contributed by atoms with Gasteiger partial charge in [-0.2, -0.15) is 0 Å². The van der Waals surface area contributed by atoms with Gasteiger partial charge in [-0.3, -0.25) is 9.88 Å². The van der Waals surface area contributed by atoms with Crippen LogP contribution in [0.25, 0.3) is 54.1 Å². The molecule has 0 aliphatic rings. The van der Waals surface area contributed by atoms with Crippen LogP contribution in [-0.2, 0) is 0 Å². The van der Waals surface area contributed by atoms with E-state index in [4.69, 9.17) is 9.97 Å². The molecular formula is C46H29FN4. The maximum Gasteiger partial charge on any atom is 0.147 e. The first-order chi connectivity index (χ1) is 25.2. The number of aromatic nitrogens is 2. The van der Waals surface area contributed by atoms with Gasteiger partial charge in [-0.15, -0.1) is 0 Å². The van der Waals surface area contributed by atoms with E-state index >= 15 is 4.39 Å². The molecule has 0 spiro atoms. The van der Waals surface area contributed by atoms with Crippen LogP contribution in [0.3, 0.4) is 0 Å². The van der Waals surface area contributed by atoms with Gasteiger partial charge in [-0.25, -0.2) is 9.37 Å². The Hall–Kier alpha value is -6.85. The zero-order chi connectivity index (χ0) is 33.9. The van der Waals surface area contributed by atoms with Crippen molar-refractivity contribution in [2.24, 2.45) is 0 Å². The summed E-state index contributed by atoms with van der Waals surface area (Å²) in [5.74, 6) is 0.524. The van der Waals surface area contributed by atoms with Crippen LogP contribution in [0.5, 0.6) is 0 Å². The molecule has 4 nitrogen and oxygen atoms in total. The predicted octanol–water partition coefficient (Wildman–Crippen LogP) is 12.8. The molecule has 0 fully saturated rings. The van der Waals surface area contributed by atoms with E-state index in [0.717, 1.165) is 82.7 Å². The molecule has 0 radical (unpaired) electrons. The number of anilines is 6. The van der Waals surface area contributed by atoms with E-state index in [2.05, 4.69) is 108 Å². The summed E-state index contributed by atoms with van der Waals surface area (Å²) in [6.07, 6.45) is 1.82. The molecule has 10 aromatic rings. The van der Waals surface area contributed by atoms with Crippen molar-refractivity contribution in [2.45, 2.75) is 0 Å². The highest BCUT2D eigenvalue weighted by atomic mass is 19.1. The van der Waals surface area contributed by atoms with Gasteiger partial charge in [0.25, 0.3) is 0 Å². The number of rotatable bonds is 6. The van der Waals surface area contributed by atoms with E-state index in [1.54, 1.807) is 6.07 Å². The van der Waals surface area contributed by atoms with Crippen LogP contribution in [0.15, 0.2) is 176 Å². The zero-order valence-corrected chi connectivity index (χ0v) is 27.4. The Balaban J connectivity index is 1.24. The number of hydrogen-bond acceptors (Lipinski definition) is 4. The Morgan fingerprint density at radius 1 is 0.392 bits per heavy atom. The lowest BCUT2D eigenvalue weighted by atomic mass is 9.92. The molecule has 2 heterocycles. The van der Waals surface area contributed by atoms with E-state index < -0.39 is 0 Å². The van der Waals surface area contributed by atoms with Crippen LogP contribution in [0.1, 0.15) is 0 Å². The third-order valence-electron chi connectivity index (χ3n) is 9.87. The van der Waals surface area contributed by atoms with Crippen molar-refractivity contribution in [2.75, 3.05) is 9.80 Å². The Morgan fingerprint density at radius 2 is 0.922 bits per heavy atom.